The third-order valence-corrected chi connectivity index (χ3v) is 8.06. The van der Waals surface area contributed by atoms with E-state index in [2.05, 4.69) is 4.90 Å². The molecule has 1 aliphatic heterocycles. The van der Waals surface area contributed by atoms with Crippen molar-refractivity contribution in [3.05, 3.63) is 64.7 Å². The van der Waals surface area contributed by atoms with E-state index in [1.54, 1.807) is 0 Å². The minimum absolute atomic E-state index is 0.0900. The van der Waals surface area contributed by atoms with Gasteiger partial charge in [0.25, 0.3) is 6.47 Å². The van der Waals surface area contributed by atoms with E-state index in [0.29, 0.717) is 31.2 Å². The lowest BCUT2D eigenvalue weighted by Gasteiger charge is -2.32. The van der Waals surface area contributed by atoms with Crippen LogP contribution in [0.5, 0.6) is 0 Å². The van der Waals surface area contributed by atoms with E-state index >= 15 is 0 Å². The number of benzene rings is 2. The highest BCUT2D eigenvalue weighted by molar-refractivity contribution is 7.91. The van der Waals surface area contributed by atoms with Crippen LogP contribution in [-0.4, -0.2) is 75.7 Å². The van der Waals surface area contributed by atoms with E-state index in [1.165, 1.54) is 36.1 Å². The molecule has 1 N–H and O–H groups in total. The van der Waals surface area contributed by atoms with Gasteiger partial charge in [-0.3, -0.25) is 4.79 Å². The summed E-state index contributed by atoms with van der Waals surface area (Å²) in [5.41, 5.74) is -0.317. The summed E-state index contributed by atoms with van der Waals surface area (Å²) >= 11 is 5.86. The minimum Gasteiger partial charge on any atom is -0.483 e. The Labute approximate surface area is 208 Å². The summed E-state index contributed by atoms with van der Waals surface area (Å²) in [6, 6.07) is 8.11. The van der Waals surface area contributed by atoms with Crippen molar-refractivity contribution in [2.24, 2.45) is 5.92 Å². The standard InChI is InChI=1S/C22H25ClF2N2O4S.CH2O2/c1-15(14-31-22(28)27-11-9-26(2)10-12-27)21(19-13-17(24)5-8-20(19)25)32(29,30)18-6-3-16(23)4-7-18;2-1-3/h3-8,13,15,21H,9-12,14H2,1-2H3;1H,(H,2,3). The van der Waals surface area contributed by atoms with Crippen molar-refractivity contribution in [3.63, 3.8) is 0 Å². The highest BCUT2D eigenvalue weighted by atomic mass is 35.5. The maximum absolute atomic E-state index is 14.6. The van der Waals surface area contributed by atoms with E-state index in [-0.39, 0.29) is 23.5 Å². The van der Waals surface area contributed by atoms with Gasteiger partial charge in [-0.05, 0) is 49.5 Å². The summed E-state index contributed by atoms with van der Waals surface area (Å²) in [5, 5.41) is 5.76. The Morgan fingerprint density at radius 1 is 1.14 bits per heavy atom. The second-order valence-corrected chi connectivity index (χ2v) is 10.5. The van der Waals surface area contributed by atoms with Gasteiger partial charge in [-0.15, -0.1) is 0 Å². The number of carboxylic acid groups (broad SMARTS) is 1. The Bertz CT molecular complexity index is 1110. The molecule has 0 bridgehead atoms. The normalized spacial score (nSPS) is 16.0. The molecule has 0 saturated carbocycles. The van der Waals surface area contributed by atoms with Crippen molar-refractivity contribution >= 4 is 34.0 Å². The number of rotatable bonds is 6. The molecule has 12 heteroatoms. The predicted molar refractivity (Wildman–Crippen MR) is 126 cm³/mol. The maximum atomic E-state index is 14.6. The van der Waals surface area contributed by atoms with Gasteiger partial charge in [-0.1, -0.05) is 18.5 Å². The first-order valence-corrected chi connectivity index (χ1v) is 12.6. The monoisotopic (exact) mass is 532 g/mol. The average molecular weight is 533 g/mol. The van der Waals surface area contributed by atoms with Gasteiger partial charge >= 0.3 is 6.09 Å². The number of carbonyl (C=O) groups is 2. The molecule has 1 aliphatic rings. The van der Waals surface area contributed by atoms with Gasteiger partial charge in [-0.25, -0.2) is 22.0 Å². The first-order valence-electron chi connectivity index (χ1n) is 10.6. The van der Waals surface area contributed by atoms with Crippen molar-refractivity contribution in [1.82, 2.24) is 9.80 Å². The molecule has 1 amide bonds. The molecule has 0 radical (unpaired) electrons. The summed E-state index contributed by atoms with van der Waals surface area (Å²) < 4.78 is 60.8. The van der Waals surface area contributed by atoms with Crippen molar-refractivity contribution in [1.29, 1.82) is 0 Å². The predicted octanol–water partition coefficient (Wildman–Crippen LogP) is 3.85. The van der Waals surface area contributed by atoms with Crippen LogP contribution in [0.1, 0.15) is 17.7 Å². The summed E-state index contributed by atoms with van der Waals surface area (Å²) in [6.07, 6.45) is -0.563. The average Bonchev–Trinajstić information content (AvgIpc) is 2.81. The fraction of sp³-hybridized carbons (Fsp3) is 0.391. The molecule has 1 heterocycles. The number of likely N-dealkylation sites (N-methyl/N-ethyl adjacent to an activating group) is 1. The second-order valence-electron chi connectivity index (χ2n) is 8.04. The SMILES string of the molecule is CC(COC(=O)N1CCN(C)CC1)C(c1cc(F)ccc1F)S(=O)(=O)c1ccc(Cl)cc1.O=CO. The summed E-state index contributed by atoms with van der Waals surface area (Å²) in [7, 11) is -2.22. The van der Waals surface area contributed by atoms with Gasteiger partial charge in [0.05, 0.1) is 16.8 Å². The van der Waals surface area contributed by atoms with Crippen LogP contribution >= 0.6 is 11.6 Å². The summed E-state index contributed by atoms with van der Waals surface area (Å²) in [4.78, 5) is 24.3. The number of hydrogen-bond donors (Lipinski definition) is 1. The molecule has 0 aliphatic carbocycles. The fourth-order valence-corrected chi connectivity index (χ4v) is 5.79. The molecule has 35 heavy (non-hydrogen) atoms. The van der Waals surface area contributed by atoms with E-state index in [9.17, 15) is 22.0 Å². The zero-order chi connectivity index (χ0) is 26.2. The zero-order valence-electron chi connectivity index (χ0n) is 19.2. The molecule has 0 spiro atoms. The van der Waals surface area contributed by atoms with Gasteiger partial charge < -0.3 is 19.6 Å². The van der Waals surface area contributed by atoms with E-state index in [1.807, 2.05) is 7.05 Å². The molecule has 3 rings (SSSR count). The Kier molecular flexibility index (Phi) is 10.4. The Morgan fingerprint density at radius 2 is 1.71 bits per heavy atom. The molecule has 2 aromatic rings. The molecular formula is C23H27ClF2N2O6S. The van der Waals surface area contributed by atoms with Crippen LogP contribution in [0, 0.1) is 17.6 Å². The Morgan fingerprint density at radius 3 is 2.29 bits per heavy atom. The highest BCUT2D eigenvalue weighted by Crippen LogP contribution is 2.37. The number of piperazine rings is 1. The number of nitrogens with zero attached hydrogens (tertiary/aromatic N) is 2. The topological polar surface area (TPSA) is 104 Å². The van der Waals surface area contributed by atoms with Crippen LogP contribution < -0.4 is 0 Å². The van der Waals surface area contributed by atoms with Gasteiger partial charge in [-0.2, -0.15) is 0 Å². The van der Waals surface area contributed by atoms with Gasteiger partial charge in [0.2, 0.25) is 0 Å². The molecule has 8 nitrogen and oxygen atoms in total. The number of sulfone groups is 1. The Balaban J connectivity index is 0.00000137. The third kappa shape index (κ3) is 7.61. The van der Waals surface area contributed by atoms with Crippen LogP contribution in [0.15, 0.2) is 47.4 Å². The van der Waals surface area contributed by atoms with E-state index in [0.717, 1.165) is 18.2 Å². The number of carbonyl (C=O) groups excluding carboxylic acids is 1. The fourth-order valence-electron chi connectivity index (χ4n) is 3.65. The van der Waals surface area contributed by atoms with Gasteiger partial charge in [0.1, 0.15) is 11.6 Å². The largest absolute Gasteiger partial charge is 0.483 e. The lowest BCUT2D eigenvalue weighted by atomic mass is 10.0. The van der Waals surface area contributed by atoms with Crippen LogP contribution in [0.4, 0.5) is 13.6 Å². The maximum Gasteiger partial charge on any atom is 0.409 e. The quantitative estimate of drug-likeness (QED) is 0.563. The minimum atomic E-state index is -4.17. The molecule has 2 atom stereocenters. The first-order chi connectivity index (χ1) is 16.5. The van der Waals surface area contributed by atoms with E-state index in [4.69, 9.17) is 26.2 Å². The lowest BCUT2D eigenvalue weighted by molar-refractivity contribution is -0.122. The van der Waals surface area contributed by atoms with Crippen LogP contribution in [-0.2, 0) is 19.4 Å². The summed E-state index contributed by atoms with van der Waals surface area (Å²) in [5.74, 6) is -2.48. The van der Waals surface area contributed by atoms with E-state index < -0.39 is 38.7 Å². The van der Waals surface area contributed by atoms with Crippen LogP contribution in [0.25, 0.3) is 0 Å². The molecule has 2 unspecified atom stereocenters. The number of halogens is 3. The summed E-state index contributed by atoms with van der Waals surface area (Å²) in [6.45, 7) is 3.39. The van der Waals surface area contributed by atoms with Crippen LogP contribution in [0.2, 0.25) is 5.02 Å². The molecule has 2 aromatic carbocycles. The molecule has 1 saturated heterocycles. The first kappa shape index (κ1) is 28.5. The van der Waals surface area contributed by atoms with Crippen molar-refractivity contribution in [2.45, 2.75) is 17.1 Å². The highest BCUT2D eigenvalue weighted by Gasteiger charge is 2.37. The zero-order valence-corrected chi connectivity index (χ0v) is 20.8. The Hall–Kier alpha value is -2.76. The number of ether oxygens (including phenoxy) is 1. The smallest absolute Gasteiger partial charge is 0.409 e. The lowest BCUT2D eigenvalue weighted by Crippen LogP contribution is -2.47. The van der Waals surface area contributed by atoms with Crippen molar-refractivity contribution < 1.29 is 36.6 Å². The number of amides is 1. The second kappa shape index (κ2) is 12.8. The van der Waals surface area contributed by atoms with Gasteiger partial charge in [0.15, 0.2) is 9.84 Å². The molecule has 192 valence electrons. The third-order valence-electron chi connectivity index (χ3n) is 5.49. The number of hydrogen-bond acceptors (Lipinski definition) is 6. The van der Waals surface area contributed by atoms with Crippen LogP contribution in [0.3, 0.4) is 0 Å². The molecule has 1 fully saturated rings. The van der Waals surface area contributed by atoms with Crippen molar-refractivity contribution in [2.75, 3.05) is 39.8 Å². The van der Waals surface area contributed by atoms with Gasteiger partial charge in [0, 0.05) is 42.7 Å². The molecular weight excluding hydrogens is 506 g/mol. The van der Waals surface area contributed by atoms with Crippen molar-refractivity contribution in [3.8, 4) is 0 Å². The molecule has 0 aromatic heterocycles.